The normalized spacial score (nSPS) is 10.7. The molecule has 0 spiro atoms. The fraction of sp³-hybridized carbons (Fsp3) is 0.500. The second-order valence-corrected chi connectivity index (χ2v) is 6.96. The van der Waals surface area contributed by atoms with Crippen molar-refractivity contribution in [3.63, 3.8) is 0 Å². The van der Waals surface area contributed by atoms with Crippen LogP contribution in [0.2, 0.25) is 0 Å². The Morgan fingerprint density at radius 1 is 0.875 bits per heavy atom. The zero-order chi connectivity index (χ0) is 17.7. The summed E-state index contributed by atoms with van der Waals surface area (Å²) in [5.74, 6) is -0.0795. The molecule has 0 aliphatic heterocycles. The van der Waals surface area contributed by atoms with Crippen LogP contribution in [0.3, 0.4) is 0 Å². The second-order valence-electron chi connectivity index (χ2n) is 4.92. The van der Waals surface area contributed by atoms with E-state index >= 15 is 0 Å². The molecule has 2 heterocycles. The molecule has 2 aromatic rings. The number of fused-ring (bicyclic) bond motifs is 1. The van der Waals surface area contributed by atoms with Crippen LogP contribution in [0.1, 0.15) is 45.5 Å². The third-order valence-electron chi connectivity index (χ3n) is 3.38. The highest BCUT2D eigenvalue weighted by molar-refractivity contribution is 7.30. The van der Waals surface area contributed by atoms with Crippen LogP contribution in [0.25, 0.3) is 9.40 Å². The maximum absolute atomic E-state index is 12.0. The maximum atomic E-state index is 12.0. The van der Waals surface area contributed by atoms with Gasteiger partial charge in [-0.2, -0.15) is 0 Å². The van der Waals surface area contributed by atoms with Crippen molar-refractivity contribution in [3.05, 3.63) is 9.75 Å². The van der Waals surface area contributed by atoms with E-state index in [9.17, 15) is 9.59 Å². The smallest absolute Gasteiger partial charge is 0.351 e. The molecule has 132 valence electrons. The van der Waals surface area contributed by atoms with Crippen molar-refractivity contribution >= 4 is 44.0 Å². The molecule has 6 nitrogen and oxygen atoms in total. The minimum absolute atomic E-state index is 0.357. The molecule has 0 bridgehead atoms. The fourth-order valence-corrected chi connectivity index (χ4v) is 4.75. The summed E-state index contributed by atoms with van der Waals surface area (Å²) in [5.41, 5.74) is 0. The van der Waals surface area contributed by atoms with E-state index in [2.05, 4.69) is 6.92 Å². The predicted molar refractivity (Wildman–Crippen MR) is 94.0 cm³/mol. The van der Waals surface area contributed by atoms with Gasteiger partial charge in [-0.3, -0.25) is 0 Å². The van der Waals surface area contributed by atoms with Gasteiger partial charge in [0.2, 0.25) is 0 Å². The minimum Gasteiger partial charge on any atom is -0.493 e. The number of esters is 2. The monoisotopic (exact) mass is 372 g/mol. The highest BCUT2D eigenvalue weighted by Gasteiger charge is 2.29. The zero-order valence-corrected chi connectivity index (χ0v) is 15.7. The molecule has 2 rings (SSSR count). The van der Waals surface area contributed by atoms with Gasteiger partial charge in [0.1, 0.15) is 0 Å². The molecule has 2 aromatic heterocycles. The van der Waals surface area contributed by atoms with Crippen molar-refractivity contribution in [2.75, 3.05) is 27.9 Å². The van der Waals surface area contributed by atoms with Gasteiger partial charge in [0.25, 0.3) is 0 Å². The summed E-state index contributed by atoms with van der Waals surface area (Å²) in [6, 6.07) is 0. The lowest BCUT2D eigenvalue weighted by molar-refractivity contribution is 0.0594. The lowest BCUT2D eigenvalue weighted by atomic mass is 10.3. The van der Waals surface area contributed by atoms with Crippen LogP contribution in [0.15, 0.2) is 0 Å². The number of thiophene rings is 2. The standard InChI is InChI=1S/C16H20O6S2/c1-5-6-7-8-22-10-12-11(23-14(10)16(18)21-4)9(19-2)13(24-12)15(17)20-3/h5-8H2,1-4H3. The fourth-order valence-electron chi connectivity index (χ4n) is 2.19. The molecule has 0 saturated carbocycles. The lowest BCUT2D eigenvalue weighted by Gasteiger charge is -2.06. The zero-order valence-electron chi connectivity index (χ0n) is 14.1. The third kappa shape index (κ3) is 3.49. The summed E-state index contributed by atoms with van der Waals surface area (Å²) in [6.07, 6.45) is 3.01. The Morgan fingerprint density at radius 2 is 1.42 bits per heavy atom. The van der Waals surface area contributed by atoms with Gasteiger partial charge in [-0.05, 0) is 6.42 Å². The molecule has 8 heteroatoms. The van der Waals surface area contributed by atoms with Gasteiger partial charge in [0.05, 0.1) is 37.3 Å². The van der Waals surface area contributed by atoms with Gasteiger partial charge in [-0.1, -0.05) is 19.8 Å². The molecule has 0 atom stereocenters. The average Bonchev–Trinajstić information content (AvgIpc) is 3.13. The number of carbonyl (C=O) groups is 2. The van der Waals surface area contributed by atoms with Crippen molar-refractivity contribution < 1.29 is 28.5 Å². The molecule has 0 fully saturated rings. The summed E-state index contributed by atoms with van der Waals surface area (Å²) in [4.78, 5) is 24.7. The van der Waals surface area contributed by atoms with Crippen molar-refractivity contribution in [1.29, 1.82) is 0 Å². The molecule has 0 saturated heterocycles. The number of unbranched alkanes of at least 4 members (excludes halogenated alkanes) is 2. The Labute approximate surface area is 148 Å². The molecular formula is C16H20O6S2. The molecule has 0 N–H and O–H groups in total. The molecule has 0 unspecified atom stereocenters. The van der Waals surface area contributed by atoms with E-state index in [1.165, 1.54) is 44.0 Å². The van der Waals surface area contributed by atoms with Crippen LogP contribution in [0, 0.1) is 0 Å². The summed E-state index contributed by atoms with van der Waals surface area (Å²) < 4.78 is 22.2. The molecule has 0 amide bonds. The second kappa shape index (κ2) is 8.34. The molecule has 0 aromatic carbocycles. The van der Waals surface area contributed by atoms with Crippen LogP contribution in [-0.4, -0.2) is 39.9 Å². The summed E-state index contributed by atoms with van der Waals surface area (Å²) in [6.45, 7) is 2.60. The number of hydrogen-bond donors (Lipinski definition) is 0. The number of hydrogen-bond acceptors (Lipinski definition) is 8. The SMILES string of the molecule is CCCCCOc1c(C(=O)OC)sc2c(OC)c(C(=O)OC)sc12. The van der Waals surface area contributed by atoms with E-state index in [1.54, 1.807) is 0 Å². The maximum Gasteiger partial charge on any atom is 0.351 e. The van der Waals surface area contributed by atoms with Crippen molar-refractivity contribution in [3.8, 4) is 11.5 Å². The van der Waals surface area contributed by atoms with Gasteiger partial charge in [0, 0.05) is 0 Å². The summed E-state index contributed by atoms with van der Waals surface area (Å²) >= 11 is 2.40. The molecular weight excluding hydrogens is 352 g/mol. The molecule has 0 aliphatic carbocycles. The third-order valence-corrected chi connectivity index (χ3v) is 5.81. The quantitative estimate of drug-likeness (QED) is 0.513. The summed E-state index contributed by atoms with van der Waals surface area (Å²) in [7, 11) is 4.12. The number of methoxy groups -OCH3 is 3. The van der Waals surface area contributed by atoms with Crippen LogP contribution in [0.4, 0.5) is 0 Å². The Balaban J connectivity index is 2.50. The highest BCUT2D eigenvalue weighted by Crippen LogP contribution is 2.49. The van der Waals surface area contributed by atoms with Crippen LogP contribution >= 0.6 is 22.7 Å². The Bertz CT molecular complexity index is 731. The van der Waals surface area contributed by atoms with Crippen molar-refractivity contribution in [2.45, 2.75) is 26.2 Å². The van der Waals surface area contributed by atoms with E-state index in [0.29, 0.717) is 37.3 Å². The molecule has 0 radical (unpaired) electrons. The minimum atomic E-state index is -0.475. The van der Waals surface area contributed by atoms with E-state index in [4.69, 9.17) is 18.9 Å². The highest BCUT2D eigenvalue weighted by atomic mass is 32.1. The van der Waals surface area contributed by atoms with E-state index in [0.717, 1.165) is 19.3 Å². The molecule has 24 heavy (non-hydrogen) atoms. The van der Waals surface area contributed by atoms with Crippen LogP contribution in [0.5, 0.6) is 11.5 Å². The Hall–Kier alpha value is -1.80. The predicted octanol–water partition coefficient (Wildman–Crippen LogP) is 4.11. The Kier molecular flexibility index (Phi) is 6.44. The van der Waals surface area contributed by atoms with E-state index < -0.39 is 11.9 Å². The largest absolute Gasteiger partial charge is 0.493 e. The number of rotatable bonds is 8. The first-order valence-corrected chi connectivity index (χ1v) is 9.14. The average molecular weight is 372 g/mol. The topological polar surface area (TPSA) is 71.1 Å². The van der Waals surface area contributed by atoms with E-state index in [1.807, 2.05) is 0 Å². The van der Waals surface area contributed by atoms with Gasteiger partial charge >= 0.3 is 11.9 Å². The first-order chi connectivity index (χ1) is 11.6. The van der Waals surface area contributed by atoms with Crippen LogP contribution in [-0.2, 0) is 9.47 Å². The van der Waals surface area contributed by atoms with Gasteiger partial charge in [-0.15, -0.1) is 22.7 Å². The van der Waals surface area contributed by atoms with Gasteiger partial charge < -0.3 is 18.9 Å². The number of carbonyl (C=O) groups excluding carboxylic acids is 2. The van der Waals surface area contributed by atoms with Gasteiger partial charge in [0.15, 0.2) is 21.3 Å². The lowest BCUT2D eigenvalue weighted by Crippen LogP contribution is -2.04. The van der Waals surface area contributed by atoms with E-state index in [-0.39, 0.29) is 0 Å². The Morgan fingerprint density at radius 3 is 1.92 bits per heavy atom. The first-order valence-electron chi connectivity index (χ1n) is 7.51. The van der Waals surface area contributed by atoms with Crippen LogP contribution < -0.4 is 9.47 Å². The molecule has 0 aliphatic rings. The number of ether oxygens (including phenoxy) is 4. The van der Waals surface area contributed by atoms with Crippen molar-refractivity contribution in [2.24, 2.45) is 0 Å². The van der Waals surface area contributed by atoms with Crippen molar-refractivity contribution in [1.82, 2.24) is 0 Å². The first kappa shape index (κ1) is 18.5. The van der Waals surface area contributed by atoms with Gasteiger partial charge in [-0.25, -0.2) is 9.59 Å². The summed E-state index contributed by atoms with van der Waals surface area (Å²) in [5, 5.41) is 0.